The Morgan fingerprint density at radius 1 is 0.870 bits per heavy atom. The van der Waals surface area contributed by atoms with Crippen LogP contribution in [0.1, 0.15) is 65.2 Å². The monoisotopic (exact) mass is 372 g/mol. The number of ether oxygens (including phenoxy) is 2. The van der Waals surface area contributed by atoms with E-state index in [9.17, 15) is 0 Å². The molecule has 0 aliphatic heterocycles. The van der Waals surface area contributed by atoms with E-state index in [1.807, 2.05) is 0 Å². The standard InChI is InChI=1S/C18H29O2PS2/c1-16(2,3)12-10-13(17(4,5)19-8)15(21(22)23)14(11-12)18(6,7)20-9/h10-11H,1-9H3. The summed E-state index contributed by atoms with van der Waals surface area (Å²) < 4.78 is 11.5. The summed E-state index contributed by atoms with van der Waals surface area (Å²) in [6.45, 7) is 14.9. The van der Waals surface area contributed by atoms with Crippen LogP contribution in [0.25, 0.3) is 0 Å². The van der Waals surface area contributed by atoms with Crippen molar-refractivity contribution in [3.63, 3.8) is 0 Å². The van der Waals surface area contributed by atoms with Crippen LogP contribution in [0.15, 0.2) is 12.1 Å². The molecule has 1 aromatic carbocycles. The molecule has 5 heteroatoms. The molecule has 0 amide bonds. The van der Waals surface area contributed by atoms with Crippen LogP contribution in [0.2, 0.25) is 0 Å². The van der Waals surface area contributed by atoms with Gasteiger partial charge in [-0.05, 0) is 50.8 Å². The lowest BCUT2D eigenvalue weighted by Crippen LogP contribution is -2.34. The lowest BCUT2D eigenvalue weighted by Gasteiger charge is -2.33. The fourth-order valence-corrected chi connectivity index (χ4v) is 4.64. The molecule has 2 nitrogen and oxygen atoms in total. The molecule has 0 heterocycles. The molecule has 130 valence electrons. The topological polar surface area (TPSA) is 18.5 Å². The Bertz CT molecular complexity index is 565. The average molecular weight is 373 g/mol. The first-order chi connectivity index (χ1) is 10.3. The molecule has 0 radical (unpaired) electrons. The molecular formula is C18H29O2PS2. The summed E-state index contributed by atoms with van der Waals surface area (Å²) in [5.41, 5.74) is 2.53. The predicted molar refractivity (Wildman–Crippen MR) is 106 cm³/mol. The van der Waals surface area contributed by atoms with E-state index in [0.29, 0.717) is 0 Å². The minimum Gasteiger partial charge on any atom is -0.472 e. The second-order valence-corrected chi connectivity index (χ2v) is 11.7. The van der Waals surface area contributed by atoms with E-state index in [1.54, 1.807) is 14.2 Å². The molecule has 0 spiro atoms. The Balaban J connectivity index is 3.94. The van der Waals surface area contributed by atoms with Gasteiger partial charge in [-0.15, -0.1) is 0 Å². The molecule has 0 aliphatic carbocycles. The van der Waals surface area contributed by atoms with Crippen molar-refractivity contribution in [1.29, 1.82) is 0 Å². The molecular weight excluding hydrogens is 343 g/mol. The van der Waals surface area contributed by atoms with Gasteiger partial charge in [0.25, 0.3) is 0 Å². The molecule has 1 aromatic rings. The van der Waals surface area contributed by atoms with Gasteiger partial charge >= 0.3 is 0 Å². The highest BCUT2D eigenvalue weighted by Gasteiger charge is 2.36. The summed E-state index contributed by atoms with van der Waals surface area (Å²) in [6, 6.07) is 4.42. The summed E-state index contributed by atoms with van der Waals surface area (Å²) in [5.74, 6) is -1.12. The van der Waals surface area contributed by atoms with Gasteiger partial charge < -0.3 is 21.7 Å². The average Bonchev–Trinajstić information content (AvgIpc) is 2.44. The maximum absolute atomic E-state index is 5.76. The molecule has 0 fully saturated rings. The van der Waals surface area contributed by atoms with Gasteiger partial charge in [-0.25, -0.2) is 0 Å². The third-order valence-corrected chi connectivity index (χ3v) is 6.42. The van der Waals surface area contributed by atoms with Crippen molar-refractivity contribution in [2.75, 3.05) is 14.2 Å². The van der Waals surface area contributed by atoms with Gasteiger partial charge in [0.05, 0.1) is 17.1 Å². The van der Waals surface area contributed by atoms with Crippen LogP contribution in [-0.2, 0) is 50.1 Å². The zero-order chi connectivity index (χ0) is 18.2. The fourth-order valence-electron chi connectivity index (χ4n) is 2.40. The first-order valence-electron chi connectivity index (χ1n) is 7.72. The third kappa shape index (κ3) is 4.55. The van der Waals surface area contributed by atoms with Crippen molar-refractivity contribution in [1.82, 2.24) is 0 Å². The summed E-state index contributed by atoms with van der Waals surface area (Å²) in [6.07, 6.45) is 0. The maximum atomic E-state index is 5.76. The van der Waals surface area contributed by atoms with Crippen LogP contribution < -0.4 is 5.30 Å². The molecule has 0 saturated heterocycles. The molecule has 1 rings (SSSR count). The van der Waals surface area contributed by atoms with Crippen molar-refractivity contribution in [2.45, 2.75) is 65.1 Å². The van der Waals surface area contributed by atoms with Gasteiger partial charge in [-0.1, -0.05) is 20.8 Å². The number of rotatable bonds is 5. The minimum atomic E-state index is -1.12. The first-order valence-corrected chi connectivity index (χ1v) is 11.1. The molecule has 0 N–H and O–H groups in total. The minimum absolute atomic E-state index is 0.0152. The van der Waals surface area contributed by atoms with Gasteiger partial charge in [0.15, 0.2) is 5.30 Å². The zero-order valence-electron chi connectivity index (χ0n) is 15.7. The molecule has 0 saturated carbocycles. The van der Waals surface area contributed by atoms with Gasteiger partial charge in [-0.2, -0.15) is 0 Å². The highest BCUT2D eigenvalue weighted by Crippen LogP contribution is 2.38. The van der Waals surface area contributed by atoms with Crippen molar-refractivity contribution in [3.05, 3.63) is 28.8 Å². The normalized spacial score (nSPS) is 14.1. The SMILES string of the molecule is COC(C)(C)c1cc(C(C)(C)C)cc(C(C)(C)OC)c1[P+](=S)[S-]. The van der Waals surface area contributed by atoms with E-state index in [0.717, 1.165) is 16.4 Å². The maximum Gasteiger partial charge on any atom is 0.151 e. The Morgan fingerprint density at radius 2 is 1.22 bits per heavy atom. The van der Waals surface area contributed by atoms with E-state index in [-0.39, 0.29) is 5.41 Å². The van der Waals surface area contributed by atoms with Gasteiger partial charge in [-0.3, -0.25) is 0 Å². The van der Waals surface area contributed by atoms with Crippen LogP contribution in [-0.4, -0.2) is 14.2 Å². The molecule has 0 bridgehead atoms. The van der Waals surface area contributed by atoms with E-state index in [1.165, 1.54) is 5.56 Å². The predicted octanol–water partition coefficient (Wildman–Crippen LogP) is 4.78. The van der Waals surface area contributed by atoms with Crippen LogP contribution in [0.5, 0.6) is 0 Å². The van der Waals surface area contributed by atoms with Crippen LogP contribution in [0.3, 0.4) is 0 Å². The van der Waals surface area contributed by atoms with Gasteiger partial charge in [0.1, 0.15) is 11.8 Å². The number of hydrogen-bond donors (Lipinski definition) is 0. The summed E-state index contributed by atoms with van der Waals surface area (Å²) in [5, 5.41) is 1.04. The molecule has 0 aliphatic rings. The van der Waals surface area contributed by atoms with Crippen molar-refractivity contribution < 1.29 is 9.47 Å². The first kappa shape index (κ1) is 21.1. The second-order valence-electron chi connectivity index (χ2n) is 7.86. The summed E-state index contributed by atoms with van der Waals surface area (Å²) >= 11 is 11.1. The number of benzene rings is 1. The van der Waals surface area contributed by atoms with Crippen LogP contribution in [0.4, 0.5) is 0 Å². The Labute approximate surface area is 152 Å². The van der Waals surface area contributed by atoms with E-state index in [2.05, 4.69) is 60.6 Å². The van der Waals surface area contributed by atoms with E-state index >= 15 is 0 Å². The van der Waals surface area contributed by atoms with Gasteiger partial charge in [0.2, 0.25) is 0 Å². The third-order valence-electron chi connectivity index (χ3n) is 4.48. The van der Waals surface area contributed by atoms with Crippen LogP contribution in [0, 0.1) is 0 Å². The van der Waals surface area contributed by atoms with Crippen molar-refractivity contribution in [2.24, 2.45) is 0 Å². The largest absolute Gasteiger partial charge is 0.472 e. The smallest absolute Gasteiger partial charge is 0.151 e. The highest BCUT2D eigenvalue weighted by atomic mass is 32.9. The van der Waals surface area contributed by atoms with Gasteiger partial charge in [0, 0.05) is 25.3 Å². The molecule has 23 heavy (non-hydrogen) atoms. The number of hydrogen-bond acceptors (Lipinski definition) is 4. The number of methoxy groups -OCH3 is 2. The molecule has 1 unspecified atom stereocenters. The quantitative estimate of drug-likeness (QED) is 0.547. The van der Waals surface area contributed by atoms with Crippen molar-refractivity contribution in [3.8, 4) is 0 Å². The van der Waals surface area contributed by atoms with Crippen molar-refractivity contribution >= 4 is 35.3 Å². The lowest BCUT2D eigenvalue weighted by molar-refractivity contribution is 0.0150. The Hall–Kier alpha value is 0.01000. The lowest BCUT2D eigenvalue weighted by atomic mass is 9.80. The second kappa shape index (κ2) is 7.09. The molecule has 1 atom stereocenters. The Kier molecular flexibility index (Phi) is 6.49. The summed E-state index contributed by atoms with van der Waals surface area (Å²) in [7, 11) is 3.45. The van der Waals surface area contributed by atoms with Crippen LogP contribution >= 0.6 is 5.90 Å². The molecule has 0 aromatic heterocycles. The zero-order valence-corrected chi connectivity index (χ0v) is 18.3. The fraction of sp³-hybridized carbons (Fsp3) is 0.667. The highest BCUT2D eigenvalue weighted by molar-refractivity contribution is 8.49. The van der Waals surface area contributed by atoms with E-state index in [4.69, 9.17) is 33.5 Å². The summed E-state index contributed by atoms with van der Waals surface area (Å²) in [4.78, 5) is 0. The van der Waals surface area contributed by atoms with E-state index < -0.39 is 17.1 Å². The Morgan fingerprint density at radius 3 is 1.43 bits per heavy atom.